The van der Waals surface area contributed by atoms with E-state index in [0.29, 0.717) is 6.04 Å². The zero-order chi connectivity index (χ0) is 8.97. The summed E-state index contributed by atoms with van der Waals surface area (Å²) in [5, 5.41) is 0. The minimum atomic E-state index is 0.0957. The van der Waals surface area contributed by atoms with Crippen LogP contribution in [-0.2, 0) is 4.79 Å². The molecule has 0 saturated carbocycles. The molecule has 0 heterocycles. The second-order valence-corrected chi connectivity index (χ2v) is 2.83. The fourth-order valence-electron chi connectivity index (χ4n) is 1.40. The summed E-state index contributed by atoms with van der Waals surface area (Å²) in [4.78, 5) is 13.1. The van der Waals surface area contributed by atoms with E-state index in [0.717, 1.165) is 13.1 Å². The molecular weight excluding hydrogens is 150 g/mol. The van der Waals surface area contributed by atoms with E-state index < -0.39 is 0 Å². The molecule has 1 aliphatic carbocycles. The van der Waals surface area contributed by atoms with E-state index in [1.807, 2.05) is 12.2 Å². The standard InChI is InChI=1S/C10H15NO/c1-3-11(4-2)9-5-7-10(12)8-6-9/h5-9H,3-4H2,1-2H3. The summed E-state index contributed by atoms with van der Waals surface area (Å²) < 4.78 is 0. The third kappa shape index (κ3) is 2.05. The van der Waals surface area contributed by atoms with Gasteiger partial charge in [0.15, 0.2) is 5.78 Å². The molecule has 0 atom stereocenters. The quantitative estimate of drug-likeness (QED) is 0.630. The van der Waals surface area contributed by atoms with Crippen molar-refractivity contribution in [2.45, 2.75) is 19.9 Å². The molecule has 66 valence electrons. The predicted molar refractivity (Wildman–Crippen MR) is 50.0 cm³/mol. The molecule has 0 aromatic carbocycles. The van der Waals surface area contributed by atoms with Gasteiger partial charge in [0.2, 0.25) is 0 Å². The molecule has 0 aromatic heterocycles. The van der Waals surface area contributed by atoms with E-state index in [9.17, 15) is 4.79 Å². The Morgan fingerprint density at radius 2 is 1.75 bits per heavy atom. The third-order valence-electron chi connectivity index (χ3n) is 2.15. The highest BCUT2D eigenvalue weighted by atomic mass is 16.1. The van der Waals surface area contributed by atoms with E-state index >= 15 is 0 Å². The van der Waals surface area contributed by atoms with Crippen LogP contribution in [-0.4, -0.2) is 29.8 Å². The smallest absolute Gasteiger partial charge is 0.178 e. The van der Waals surface area contributed by atoms with Gasteiger partial charge >= 0.3 is 0 Å². The Balaban J connectivity index is 2.59. The summed E-state index contributed by atoms with van der Waals surface area (Å²) in [5.41, 5.74) is 0. The van der Waals surface area contributed by atoms with Crippen LogP contribution in [0, 0.1) is 0 Å². The lowest BCUT2D eigenvalue weighted by Crippen LogP contribution is -2.33. The zero-order valence-electron chi connectivity index (χ0n) is 7.66. The number of hydrogen-bond acceptors (Lipinski definition) is 2. The van der Waals surface area contributed by atoms with Crippen LogP contribution in [0.4, 0.5) is 0 Å². The fraction of sp³-hybridized carbons (Fsp3) is 0.500. The number of carbonyl (C=O) groups is 1. The van der Waals surface area contributed by atoms with Gasteiger partial charge in [-0.1, -0.05) is 26.0 Å². The van der Waals surface area contributed by atoms with Crippen molar-refractivity contribution < 1.29 is 4.79 Å². The normalized spacial score (nSPS) is 17.8. The molecule has 0 radical (unpaired) electrons. The molecule has 0 spiro atoms. The van der Waals surface area contributed by atoms with Crippen LogP contribution < -0.4 is 0 Å². The largest absolute Gasteiger partial charge is 0.294 e. The van der Waals surface area contributed by atoms with Gasteiger partial charge in [-0.3, -0.25) is 9.69 Å². The van der Waals surface area contributed by atoms with Crippen molar-refractivity contribution >= 4 is 5.78 Å². The zero-order valence-corrected chi connectivity index (χ0v) is 7.66. The summed E-state index contributed by atoms with van der Waals surface area (Å²) in [7, 11) is 0. The van der Waals surface area contributed by atoms with Crippen molar-refractivity contribution in [1.29, 1.82) is 0 Å². The molecule has 2 nitrogen and oxygen atoms in total. The van der Waals surface area contributed by atoms with Gasteiger partial charge in [0.25, 0.3) is 0 Å². The second-order valence-electron chi connectivity index (χ2n) is 2.83. The summed E-state index contributed by atoms with van der Waals surface area (Å²) in [6.45, 7) is 6.29. The number of nitrogens with zero attached hydrogens (tertiary/aromatic N) is 1. The Morgan fingerprint density at radius 3 is 2.17 bits per heavy atom. The molecular formula is C10H15NO. The first kappa shape index (κ1) is 9.20. The van der Waals surface area contributed by atoms with Gasteiger partial charge in [0.1, 0.15) is 0 Å². The molecule has 1 rings (SSSR count). The van der Waals surface area contributed by atoms with Crippen molar-refractivity contribution in [3.63, 3.8) is 0 Å². The van der Waals surface area contributed by atoms with Crippen molar-refractivity contribution in [2.24, 2.45) is 0 Å². The average Bonchev–Trinajstić information content (AvgIpc) is 2.10. The van der Waals surface area contributed by atoms with Crippen LogP contribution in [0.3, 0.4) is 0 Å². The molecule has 0 fully saturated rings. The van der Waals surface area contributed by atoms with Gasteiger partial charge in [-0.2, -0.15) is 0 Å². The number of rotatable bonds is 3. The number of allylic oxidation sites excluding steroid dienone is 2. The van der Waals surface area contributed by atoms with Gasteiger partial charge in [-0.15, -0.1) is 0 Å². The van der Waals surface area contributed by atoms with Gasteiger partial charge in [-0.05, 0) is 25.2 Å². The Labute approximate surface area is 73.6 Å². The lowest BCUT2D eigenvalue weighted by Gasteiger charge is -2.25. The SMILES string of the molecule is CCN(CC)C1C=CC(=O)C=C1. The van der Waals surface area contributed by atoms with Crippen molar-refractivity contribution in [1.82, 2.24) is 4.90 Å². The van der Waals surface area contributed by atoms with Crippen molar-refractivity contribution in [2.75, 3.05) is 13.1 Å². The van der Waals surface area contributed by atoms with E-state index in [1.165, 1.54) is 0 Å². The molecule has 0 saturated heterocycles. The van der Waals surface area contributed by atoms with Crippen molar-refractivity contribution in [3.05, 3.63) is 24.3 Å². The van der Waals surface area contributed by atoms with Gasteiger partial charge in [0.05, 0.1) is 0 Å². The second kappa shape index (κ2) is 4.21. The van der Waals surface area contributed by atoms with Gasteiger partial charge in [-0.25, -0.2) is 0 Å². The maximum absolute atomic E-state index is 10.8. The Bertz CT molecular complexity index is 198. The number of carbonyl (C=O) groups excluding carboxylic acids is 1. The minimum absolute atomic E-state index is 0.0957. The summed E-state index contributed by atoms with van der Waals surface area (Å²) in [6.07, 6.45) is 7.19. The van der Waals surface area contributed by atoms with Crippen LogP contribution in [0.1, 0.15) is 13.8 Å². The number of ketones is 1. The van der Waals surface area contributed by atoms with Crippen molar-refractivity contribution in [3.8, 4) is 0 Å². The summed E-state index contributed by atoms with van der Waals surface area (Å²) >= 11 is 0. The van der Waals surface area contributed by atoms with Gasteiger partial charge in [0, 0.05) is 6.04 Å². The highest BCUT2D eigenvalue weighted by Gasteiger charge is 2.11. The van der Waals surface area contributed by atoms with Crippen LogP contribution in [0.15, 0.2) is 24.3 Å². The monoisotopic (exact) mass is 165 g/mol. The highest BCUT2D eigenvalue weighted by Crippen LogP contribution is 2.07. The first-order valence-corrected chi connectivity index (χ1v) is 4.42. The lowest BCUT2D eigenvalue weighted by atomic mass is 10.1. The highest BCUT2D eigenvalue weighted by molar-refractivity contribution is 6.00. The maximum atomic E-state index is 10.8. The number of hydrogen-bond donors (Lipinski definition) is 0. The maximum Gasteiger partial charge on any atom is 0.178 e. The molecule has 2 heteroatoms. The minimum Gasteiger partial charge on any atom is -0.294 e. The molecule has 0 amide bonds. The van der Waals surface area contributed by atoms with Crippen LogP contribution >= 0.6 is 0 Å². The molecule has 0 N–H and O–H groups in total. The molecule has 12 heavy (non-hydrogen) atoms. The Kier molecular flexibility index (Phi) is 3.23. The predicted octanol–water partition coefficient (Wildman–Crippen LogP) is 1.39. The fourth-order valence-corrected chi connectivity index (χ4v) is 1.40. The first-order chi connectivity index (χ1) is 5.77. The molecule has 1 aliphatic rings. The lowest BCUT2D eigenvalue weighted by molar-refractivity contribution is -0.110. The van der Waals surface area contributed by atoms with Crippen LogP contribution in [0.2, 0.25) is 0 Å². The van der Waals surface area contributed by atoms with E-state index in [2.05, 4.69) is 18.7 Å². The molecule has 0 unspecified atom stereocenters. The Hall–Kier alpha value is -0.890. The van der Waals surface area contributed by atoms with E-state index in [1.54, 1.807) is 12.2 Å². The Morgan fingerprint density at radius 1 is 1.25 bits per heavy atom. The molecule has 0 aromatic rings. The van der Waals surface area contributed by atoms with Crippen LogP contribution in [0.5, 0.6) is 0 Å². The van der Waals surface area contributed by atoms with E-state index in [4.69, 9.17) is 0 Å². The average molecular weight is 165 g/mol. The summed E-state index contributed by atoms with van der Waals surface area (Å²) in [6, 6.07) is 0.317. The summed E-state index contributed by atoms with van der Waals surface area (Å²) in [5.74, 6) is 0.0957. The topological polar surface area (TPSA) is 20.3 Å². The van der Waals surface area contributed by atoms with Gasteiger partial charge < -0.3 is 0 Å². The molecule has 0 bridgehead atoms. The first-order valence-electron chi connectivity index (χ1n) is 4.42. The third-order valence-corrected chi connectivity index (χ3v) is 2.15. The van der Waals surface area contributed by atoms with Crippen LogP contribution in [0.25, 0.3) is 0 Å². The number of likely N-dealkylation sites (N-methyl/N-ethyl adjacent to an activating group) is 1. The molecule has 0 aliphatic heterocycles. The van der Waals surface area contributed by atoms with E-state index in [-0.39, 0.29) is 5.78 Å².